The summed E-state index contributed by atoms with van der Waals surface area (Å²) in [6.07, 6.45) is 1.75. The maximum Gasteiger partial charge on any atom is 0.354 e. The second-order valence-corrected chi connectivity index (χ2v) is 6.65. The van der Waals surface area contributed by atoms with E-state index in [4.69, 9.17) is 5.11 Å². The van der Waals surface area contributed by atoms with Crippen molar-refractivity contribution in [3.05, 3.63) is 47.2 Å². The van der Waals surface area contributed by atoms with Gasteiger partial charge in [-0.25, -0.2) is 19.2 Å². The number of anilines is 2. The lowest BCUT2D eigenvalue weighted by Crippen LogP contribution is -2.32. The van der Waals surface area contributed by atoms with Crippen molar-refractivity contribution in [2.45, 2.75) is 25.6 Å². The van der Waals surface area contributed by atoms with E-state index in [1.54, 1.807) is 18.3 Å². The summed E-state index contributed by atoms with van der Waals surface area (Å²) in [5.41, 5.74) is 2.50. The summed E-state index contributed by atoms with van der Waals surface area (Å²) in [6.45, 7) is 1.91. The van der Waals surface area contributed by atoms with Crippen LogP contribution in [-0.2, 0) is 13.0 Å². The van der Waals surface area contributed by atoms with Crippen molar-refractivity contribution in [3.63, 3.8) is 0 Å². The van der Waals surface area contributed by atoms with Crippen molar-refractivity contribution in [1.29, 1.82) is 0 Å². The Labute approximate surface area is 149 Å². The van der Waals surface area contributed by atoms with E-state index in [1.807, 2.05) is 9.80 Å². The summed E-state index contributed by atoms with van der Waals surface area (Å²) >= 11 is 0. The minimum Gasteiger partial charge on any atom is -0.477 e. The van der Waals surface area contributed by atoms with E-state index in [0.29, 0.717) is 44.0 Å². The van der Waals surface area contributed by atoms with Crippen molar-refractivity contribution in [3.8, 4) is 0 Å². The van der Waals surface area contributed by atoms with Crippen molar-refractivity contribution >= 4 is 17.5 Å². The minimum absolute atomic E-state index is 0.0261. The van der Waals surface area contributed by atoms with Crippen LogP contribution in [0.4, 0.5) is 20.3 Å². The number of carbonyl (C=O) groups is 1. The van der Waals surface area contributed by atoms with Gasteiger partial charge >= 0.3 is 5.97 Å². The average molecular weight is 360 g/mol. The summed E-state index contributed by atoms with van der Waals surface area (Å²) < 4.78 is 27.5. The van der Waals surface area contributed by atoms with Crippen LogP contribution in [0, 0.1) is 5.95 Å². The third kappa shape index (κ3) is 3.18. The molecule has 2 aliphatic rings. The molecule has 2 aromatic heterocycles. The van der Waals surface area contributed by atoms with Crippen LogP contribution in [0.1, 0.15) is 28.0 Å². The standard InChI is InChI=1S/C18H18F2N4O2/c19-13-2-4-23(10-13)14-6-16(20)22-17(7-14)24-3-1-11-5-15(18(25)26)21-8-12(11)9-24/h5-8,13H,1-4,9-10H2,(H,25,26)/t13-/m1/s1. The van der Waals surface area contributed by atoms with Crippen molar-refractivity contribution in [1.82, 2.24) is 9.97 Å². The molecule has 2 aliphatic heterocycles. The normalized spacial score (nSPS) is 19.5. The van der Waals surface area contributed by atoms with E-state index in [-0.39, 0.29) is 12.2 Å². The number of halogens is 2. The number of fused-ring (bicyclic) bond motifs is 1. The summed E-state index contributed by atoms with van der Waals surface area (Å²) in [5, 5.41) is 9.04. The van der Waals surface area contributed by atoms with Gasteiger partial charge < -0.3 is 14.9 Å². The predicted octanol–water partition coefficient (Wildman–Crippen LogP) is 2.42. The molecule has 26 heavy (non-hydrogen) atoms. The van der Waals surface area contributed by atoms with Crippen LogP contribution in [0.3, 0.4) is 0 Å². The first-order valence-electron chi connectivity index (χ1n) is 8.52. The van der Waals surface area contributed by atoms with Gasteiger partial charge in [0.2, 0.25) is 5.95 Å². The Morgan fingerprint density at radius 3 is 2.77 bits per heavy atom. The van der Waals surface area contributed by atoms with Crippen molar-refractivity contribution in [2.24, 2.45) is 0 Å². The van der Waals surface area contributed by atoms with Gasteiger partial charge in [-0.15, -0.1) is 0 Å². The average Bonchev–Trinajstić information content (AvgIpc) is 3.06. The summed E-state index contributed by atoms with van der Waals surface area (Å²) in [5.74, 6) is -1.15. The Kier molecular flexibility index (Phi) is 4.18. The maximum atomic E-state index is 14.0. The zero-order valence-corrected chi connectivity index (χ0v) is 14.0. The summed E-state index contributed by atoms with van der Waals surface area (Å²) in [6, 6.07) is 4.70. The van der Waals surface area contributed by atoms with Crippen LogP contribution >= 0.6 is 0 Å². The molecule has 4 heterocycles. The molecule has 0 saturated carbocycles. The third-order valence-electron chi connectivity index (χ3n) is 4.90. The molecule has 0 unspecified atom stereocenters. The molecule has 6 nitrogen and oxygen atoms in total. The monoisotopic (exact) mass is 360 g/mol. The largest absolute Gasteiger partial charge is 0.477 e. The van der Waals surface area contributed by atoms with Gasteiger partial charge in [-0.2, -0.15) is 4.39 Å². The second-order valence-electron chi connectivity index (χ2n) is 6.65. The molecular weight excluding hydrogens is 342 g/mol. The lowest BCUT2D eigenvalue weighted by atomic mass is 10.0. The van der Waals surface area contributed by atoms with Gasteiger partial charge in [0.05, 0.1) is 0 Å². The molecule has 8 heteroatoms. The first-order valence-corrected chi connectivity index (χ1v) is 8.52. The van der Waals surface area contributed by atoms with Gasteiger partial charge in [-0.3, -0.25) is 0 Å². The molecule has 0 aromatic carbocycles. The zero-order chi connectivity index (χ0) is 18.3. The molecule has 0 spiro atoms. The number of aromatic nitrogens is 2. The number of aromatic carboxylic acids is 1. The molecule has 4 rings (SSSR count). The number of rotatable bonds is 3. The number of carboxylic acid groups (broad SMARTS) is 1. The quantitative estimate of drug-likeness (QED) is 0.848. The number of hydrogen-bond donors (Lipinski definition) is 1. The number of nitrogens with zero attached hydrogens (tertiary/aromatic N) is 4. The molecule has 136 valence electrons. The number of carboxylic acids is 1. The van der Waals surface area contributed by atoms with E-state index < -0.39 is 18.1 Å². The fraction of sp³-hybridized carbons (Fsp3) is 0.389. The Balaban J connectivity index is 1.58. The fourth-order valence-electron chi connectivity index (χ4n) is 3.52. The van der Waals surface area contributed by atoms with Crippen molar-refractivity contribution < 1.29 is 18.7 Å². The van der Waals surface area contributed by atoms with Gasteiger partial charge in [-0.05, 0) is 30.0 Å². The molecule has 2 aromatic rings. The Hall–Kier alpha value is -2.77. The molecule has 1 atom stereocenters. The van der Waals surface area contributed by atoms with Gasteiger partial charge in [0, 0.05) is 50.2 Å². The second kappa shape index (κ2) is 6.51. The predicted molar refractivity (Wildman–Crippen MR) is 91.9 cm³/mol. The maximum absolute atomic E-state index is 14.0. The van der Waals surface area contributed by atoms with Crippen LogP contribution in [0.2, 0.25) is 0 Å². The van der Waals surface area contributed by atoms with E-state index in [1.165, 1.54) is 6.07 Å². The van der Waals surface area contributed by atoms with Crippen LogP contribution in [0.5, 0.6) is 0 Å². The van der Waals surface area contributed by atoms with E-state index >= 15 is 0 Å². The first kappa shape index (κ1) is 16.7. The highest BCUT2D eigenvalue weighted by Gasteiger charge is 2.25. The smallest absolute Gasteiger partial charge is 0.354 e. The topological polar surface area (TPSA) is 69.6 Å². The van der Waals surface area contributed by atoms with Gasteiger partial charge in [0.15, 0.2) is 0 Å². The van der Waals surface area contributed by atoms with E-state index in [9.17, 15) is 13.6 Å². The Morgan fingerprint density at radius 1 is 1.19 bits per heavy atom. The van der Waals surface area contributed by atoms with Gasteiger partial charge in [0.25, 0.3) is 0 Å². The van der Waals surface area contributed by atoms with Crippen LogP contribution in [0.25, 0.3) is 0 Å². The Bertz CT molecular complexity index is 861. The van der Waals surface area contributed by atoms with Crippen LogP contribution in [0.15, 0.2) is 24.4 Å². The minimum atomic E-state index is -1.05. The number of alkyl halides is 1. The Morgan fingerprint density at radius 2 is 2.04 bits per heavy atom. The van der Waals surface area contributed by atoms with E-state index in [2.05, 4.69) is 9.97 Å². The molecule has 0 radical (unpaired) electrons. The summed E-state index contributed by atoms with van der Waals surface area (Å²) in [4.78, 5) is 22.7. The van der Waals surface area contributed by atoms with Crippen molar-refractivity contribution in [2.75, 3.05) is 29.4 Å². The lowest BCUT2D eigenvalue weighted by Gasteiger charge is -2.30. The fourth-order valence-corrected chi connectivity index (χ4v) is 3.52. The highest BCUT2D eigenvalue weighted by atomic mass is 19.1. The van der Waals surface area contributed by atoms with Crippen LogP contribution in [-0.4, -0.2) is 46.8 Å². The third-order valence-corrected chi connectivity index (χ3v) is 4.90. The highest BCUT2D eigenvalue weighted by Crippen LogP contribution is 2.29. The SMILES string of the molecule is O=C(O)c1cc2c(cn1)CN(c1cc(N3CC[C@@H](F)C3)cc(F)n1)CC2. The molecular formula is C18H18F2N4O2. The zero-order valence-electron chi connectivity index (χ0n) is 14.0. The van der Waals surface area contributed by atoms with Gasteiger partial charge in [-0.1, -0.05) is 0 Å². The molecule has 1 saturated heterocycles. The van der Waals surface area contributed by atoms with Gasteiger partial charge in [0.1, 0.15) is 17.7 Å². The number of hydrogen-bond acceptors (Lipinski definition) is 5. The highest BCUT2D eigenvalue weighted by molar-refractivity contribution is 5.85. The van der Waals surface area contributed by atoms with Crippen LogP contribution < -0.4 is 9.80 Å². The summed E-state index contributed by atoms with van der Waals surface area (Å²) in [7, 11) is 0. The molecule has 1 fully saturated rings. The molecule has 0 bridgehead atoms. The van der Waals surface area contributed by atoms with E-state index in [0.717, 1.165) is 11.1 Å². The first-order chi connectivity index (χ1) is 12.5. The molecule has 0 amide bonds. The molecule has 0 aliphatic carbocycles. The number of pyridine rings is 2. The lowest BCUT2D eigenvalue weighted by molar-refractivity contribution is 0.0690. The molecule has 1 N–H and O–H groups in total.